The van der Waals surface area contributed by atoms with Crippen LogP contribution in [-0.4, -0.2) is 14.9 Å². The molecule has 12 heavy (non-hydrogen) atoms. The van der Waals surface area contributed by atoms with Crippen LogP contribution in [0.2, 0.25) is 0 Å². The number of fused-ring (bicyclic) bond motifs is 1. The van der Waals surface area contributed by atoms with E-state index in [1.165, 1.54) is 38.5 Å². The minimum atomic E-state index is 0.780. The zero-order valence-corrected chi connectivity index (χ0v) is 8.85. The molecule has 0 bridgehead atoms. The van der Waals surface area contributed by atoms with Crippen LogP contribution in [0.25, 0.3) is 0 Å². The Hall–Kier alpha value is 0.370. The van der Waals surface area contributed by atoms with Crippen molar-refractivity contribution in [2.45, 2.75) is 49.0 Å². The first-order valence-electron chi connectivity index (χ1n) is 4.78. The Balaban J connectivity index is 1.96. The maximum Gasteiger partial charge on any atom is 0.122 e. The highest BCUT2D eigenvalue weighted by atomic mass is 32.2. The van der Waals surface area contributed by atoms with Crippen molar-refractivity contribution in [1.29, 1.82) is 5.41 Å². The van der Waals surface area contributed by atoms with Crippen molar-refractivity contribution in [3.05, 3.63) is 0 Å². The molecule has 0 radical (unpaired) electrons. The first kappa shape index (κ1) is 8.95. The van der Waals surface area contributed by atoms with E-state index in [1.807, 2.05) is 23.5 Å². The summed E-state index contributed by atoms with van der Waals surface area (Å²) < 4.78 is 0.868. The van der Waals surface area contributed by atoms with Crippen molar-refractivity contribution in [2.75, 3.05) is 0 Å². The highest BCUT2D eigenvalue weighted by Crippen LogP contribution is 2.44. The molecule has 0 aromatic heterocycles. The molecular weight excluding hydrogens is 186 g/mol. The normalized spacial score (nSPS) is 37.2. The summed E-state index contributed by atoms with van der Waals surface area (Å²) in [6.07, 6.45) is 8.32. The lowest BCUT2D eigenvalue weighted by molar-refractivity contribution is 0.524. The fourth-order valence-corrected chi connectivity index (χ4v) is 4.98. The predicted octanol–water partition coefficient (Wildman–Crippen LogP) is 3.49. The van der Waals surface area contributed by atoms with Gasteiger partial charge >= 0.3 is 0 Å². The zero-order valence-electron chi connectivity index (χ0n) is 7.21. The smallest absolute Gasteiger partial charge is 0.122 e. The monoisotopic (exact) mass is 201 g/mol. The van der Waals surface area contributed by atoms with E-state index in [9.17, 15) is 0 Å². The van der Waals surface area contributed by atoms with Gasteiger partial charge in [0.2, 0.25) is 0 Å². The van der Waals surface area contributed by atoms with E-state index < -0.39 is 0 Å². The Morgan fingerprint density at radius 2 is 1.42 bits per heavy atom. The van der Waals surface area contributed by atoms with Crippen LogP contribution in [0.4, 0.5) is 0 Å². The van der Waals surface area contributed by atoms with E-state index in [-0.39, 0.29) is 0 Å². The average molecular weight is 201 g/mol. The van der Waals surface area contributed by atoms with Gasteiger partial charge in [0.1, 0.15) is 4.38 Å². The van der Waals surface area contributed by atoms with Gasteiger partial charge in [-0.1, -0.05) is 49.2 Å². The van der Waals surface area contributed by atoms with Gasteiger partial charge in [0.05, 0.1) is 0 Å². The SMILES string of the molecule is N=C1S[C@H]2CCCCCC[C@H]2S1. The molecule has 0 aromatic rings. The lowest BCUT2D eigenvalue weighted by Crippen LogP contribution is -2.16. The molecule has 2 atom stereocenters. The van der Waals surface area contributed by atoms with E-state index in [0.29, 0.717) is 0 Å². The first-order valence-corrected chi connectivity index (χ1v) is 6.54. The van der Waals surface area contributed by atoms with Gasteiger partial charge in [0, 0.05) is 10.5 Å². The molecular formula is C9H15NS2. The number of hydrogen-bond acceptors (Lipinski definition) is 3. The predicted molar refractivity (Wildman–Crippen MR) is 58.2 cm³/mol. The fraction of sp³-hybridized carbons (Fsp3) is 0.889. The van der Waals surface area contributed by atoms with Crippen molar-refractivity contribution in [3.63, 3.8) is 0 Å². The van der Waals surface area contributed by atoms with Gasteiger partial charge < -0.3 is 0 Å². The highest BCUT2D eigenvalue weighted by molar-refractivity contribution is 8.41. The fourth-order valence-electron chi connectivity index (χ4n) is 1.99. The third kappa shape index (κ3) is 1.99. The molecule has 1 saturated heterocycles. The molecule has 2 fully saturated rings. The van der Waals surface area contributed by atoms with Crippen LogP contribution in [0.15, 0.2) is 0 Å². The Labute approximate surface area is 82.6 Å². The molecule has 0 spiro atoms. The summed E-state index contributed by atoms with van der Waals surface area (Å²) in [4.78, 5) is 0. The molecule has 0 amide bonds. The first-order chi connectivity index (χ1) is 5.86. The standard InChI is InChI=1S/C9H15NS2/c10-9-11-7-5-3-1-2-4-6-8(7)12-9/h7-8,10H,1-6H2/t7-,8+. The number of hydrogen-bond donors (Lipinski definition) is 1. The molecule has 1 heterocycles. The third-order valence-electron chi connectivity index (χ3n) is 2.66. The summed E-state index contributed by atoms with van der Waals surface area (Å²) >= 11 is 3.64. The molecule has 1 aliphatic carbocycles. The van der Waals surface area contributed by atoms with Gasteiger partial charge in [-0.25, -0.2) is 0 Å². The van der Waals surface area contributed by atoms with Crippen molar-refractivity contribution < 1.29 is 0 Å². The van der Waals surface area contributed by atoms with Gasteiger partial charge in [0.25, 0.3) is 0 Å². The van der Waals surface area contributed by atoms with Gasteiger partial charge in [-0.05, 0) is 12.8 Å². The summed E-state index contributed by atoms with van der Waals surface area (Å²) in [5, 5.41) is 9.17. The molecule has 68 valence electrons. The minimum absolute atomic E-state index is 0.780. The van der Waals surface area contributed by atoms with E-state index in [1.54, 1.807) is 0 Å². The number of thioether (sulfide) groups is 2. The molecule has 0 aromatic carbocycles. The number of nitrogens with one attached hydrogen (secondary N) is 1. The highest BCUT2D eigenvalue weighted by Gasteiger charge is 2.32. The molecule has 1 N–H and O–H groups in total. The van der Waals surface area contributed by atoms with Crippen molar-refractivity contribution >= 4 is 27.9 Å². The maximum atomic E-state index is 7.61. The molecule has 0 unspecified atom stereocenters. The van der Waals surface area contributed by atoms with Crippen molar-refractivity contribution in [2.24, 2.45) is 0 Å². The van der Waals surface area contributed by atoms with Crippen LogP contribution in [0.3, 0.4) is 0 Å². The summed E-state index contributed by atoms with van der Waals surface area (Å²) in [5.74, 6) is 0. The van der Waals surface area contributed by atoms with Gasteiger partial charge in [0.15, 0.2) is 0 Å². The van der Waals surface area contributed by atoms with Crippen molar-refractivity contribution in [1.82, 2.24) is 0 Å². The van der Waals surface area contributed by atoms with Gasteiger partial charge in [-0.15, -0.1) is 0 Å². The number of rotatable bonds is 0. The lowest BCUT2D eigenvalue weighted by Gasteiger charge is -2.19. The minimum Gasteiger partial charge on any atom is -0.288 e. The summed E-state index contributed by atoms with van der Waals surface area (Å²) in [5.41, 5.74) is 0. The zero-order chi connectivity index (χ0) is 8.39. The lowest BCUT2D eigenvalue weighted by atomic mass is 10.0. The Morgan fingerprint density at radius 3 is 1.92 bits per heavy atom. The second kappa shape index (κ2) is 4.05. The summed E-state index contributed by atoms with van der Waals surface area (Å²) in [6, 6.07) is 0. The Morgan fingerprint density at radius 1 is 0.917 bits per heavy atom. The second-order valence-corrected chi connectivity index (χ2v) is 6.35. The molecule has 1 nitrogen and oxygen atoms in total. The van der Waals surface area contributed by atoms with Gasteiger partial charge in [-0.3, -0.25) is 5.41 Å². The van der Waals surface area contributed by atoms with Crippen LogP contribution >= 0.6 is 23.5 Å². The van der Waals surface area contributed by atoms with Crippen LogP contribution in [0, 0.1) is 5.41 Å². The van der Waals surface area contributed by atoms with E-state index in [2.05, 4.69) is 0 Å². The van der Waals surface area contributed by atoms with E-state index in [0.717, 1.165) is 14.9 Å². The van der Waals surface area contributed by atoms with Crippen LogP contribution < -0.4 is 0 Å². The molecule has 3 heteroatoms. The maximum absolute atomic E-state index is 7.61. The third-order valence-corrected chi connectivity index (χ3v) is 5.57. The molecule has 2 aliphatic rings. The summed E-state index contributed by atoms with van der Waals surface area (Å²) in [7, 11) is 0. The molecule has 2 rings (SSSR count). The summed E-state index contributed by atoms with van der Waals surface area (Å²) in [6.45, 7) is 0. The van der Waals surface area contributed by atoms with Crippen LogP contribution in [0.5, 0.6) is 0 Å². The average Bonchev–Trinajstić information content (AvgIpc) is 2.32. The Bertz CT molecular complexity index is 163. The quantitative estimate of drug-likeness (QED) is 0.648. The second-order valence-electron chi connectivity index (χ2n) is 3.59. The molecule has 1 saturated carbocycles. The van der Waals surface area contributed by atoms with Gasteiger partial charge in [-0.2, -0.15) is 0 Å². The topological polar surface area (TPSA) is 23.9 Å². The largest absolute Gasteiger partial charge is 0.288 e. The van der Waals surface area contributed by atoms with E-state index >= 15 is 0 Å². The molecule has 1 aliphatic heterocycles. The van der Waals surface area contributed by atoms with E-state index in [4.69, 9.17) is 5.41 Å². The van der Waals surface area contributed by atoms with Crippen LogP contribution in [0.1, 0.15) is 38.5 Å². The van der Waals surface area contributed by atoms with Crippen molar-refractivity contribution in [3.8, 4) is 0 Å². The van der Waals surface area contributed by atoms with Crippen LogP contribution in [-0.2, 0) is 0 Å². The Kier molecular flexibility index (Phi) is 3.02.